The molecule has 1 aromatic rings. The van der Waals surface area contributed by atoms with E-state index >= 15 is 0 Å². The van der Waals surface area contributed by atoms with Gasteiger partial charge in [-0.2, -0.15) is 0 Å². The molecular weight excluding hydrogens is 358 g/mol. The Kier molecular flexibility index (Phi) is 5.67. The van der Waals surface area contributed by atoms with Gasteiger partial charge in [0.05, 0.1) is 6.10 Å². The topological polar surface area (TPSA) is 21.3 Å². The summed E-state index contributed by atoms with van der Waals surface area (Å²) in [6.45, 7) is 0.941. The summed E-state index contributed by atoms with van der Waals surface area (Å²) in [5.74, 6) is 0. The van der Waals surface area contributed by atoms with Crippen LogP contribution in [0, 0.1) is 0 Å². The van der Waals surface area contributed by atoms with Crippen molar-refractivity contribution in [2.75, 3.05) is 13.7 Å². The first-order chi connectivity index (χ1) is 8.70. The molecule has 1 aliphatic rings. The molecule has 4 heteroatoms. The Morgan fingerprint density at radius 1 is 1.44 bits per heavy atom. The number of halogens is 2. The maximum Gasteiger partial charge on any atom is 0.0576 e. The molecule has 1 heterocycles. The second-order valence-corrected chi connectivity index (χ2v) is 6.49. The molecule has 2 rings (SSSR count). The van der Waals surface area contributed by atoms with E-state index in [0.29, 0.717) is 12.1 Å². The van der Waals surface area contributed by atoms with Gasteiger partial charge in [0.25, 0.3) is 0 Å². The van der Waals surface area contributed by atoms with E-state index < -0.39 is 0 Å². The third kappa shape index (κ3) is 3.80. The average Bonchev–Trinajstić information content (AvgIpc) is 2.85. The molecule has 0 saturated carbocycles. The van der Waals surface area contributed by atoms with Crippen LogP contribution in [-0.2, 0) is 4.74 Å². The highest BCUT2D eigenvalue weighted by atomic mass is 79.9. The van der Waals surface area contributed by atoms with Crippen molar-refractivity contribution in [1.29, 1.82) is 0 Å². The zero-order valence-corrected chi connectivity index (χ0v) is 13.8. The third-order valence-electron chi connectivity index (χ3n) is 3.49. The Labute approximate surface area is 126 Å². The van der Waals surface area contributed by atoms with Crippen molar-refractivity contribution in [3.8, 4) is 0 Å². The van der Waals surface area contributed by atoms with Crippen molar-refractivity contribution in [1.82, 2.24) is 5.32 Å². The largest absolute Gasteiger partial charge is 0.378 e. The highest BCUT2D eigenvalue weighted by molar-refractivity contribution is 9.11. The quantitative estimate of drug-likeness (QED) is 0.820. The summed E-state index contributed by atoms with van der Waals surface area (Å²) in [5.41, 5.74) is 1.32. The van der Waals surface area contributed by atoms with Gasteiger partial charge in [0.2, 0.25) is 0 Å². The van der Waals surface area contributed by atoms with Gasteiger partial charge < -0.3 is 10.1 Å². The maximum atomic E-state index is 5.69. The van der Waals surface area contributed by atoms with Crippen molar-refractivity contribution < 1.29 is 4.74 Å². The number of ether oxygens (including phenoxy) is 1. The Bertz CT molecular complexity index is 391. The van der Waals surface area contributed by atoms with Crippen molar-refractivity contribution in [2.45, 2.75) is 37.8 Å². The lowest BCUT2D eigenvalue weighted by Crippen LogP contribution is -2.19. The van der Waals surface area contributed by atoms with E-state index in [-0.39, 0.29) is 0 Å². The van der Waals surface area contributed by atoms with Gasteiger partial charge in [-0.1, -0.05) is 37.9 Å². The minimum Gasteiger partial charge on any atom is -0.378 e. The molecule has 1 saturated heterocycles. The zero-order valence-electron chi connectivity index (χ0n) is 10.6. The molecule has 2 atom stereocenters. The number of hydrogen-bond donors (Lipinski definition) is 1. The Balaban J connectivity index is 1.98. The first-order valence-electron chi connectivity index (χ1n) is 6.44. The molecule has 1 fully saturated rings. The SMILES string of the molecule is CNC(CCC1CCCO1)c1ccc(Br)cc1Br. The van der Waals surface area contributed by atoms with Crippen LogP contribution in [0.25, 0.3) is 0 Å². The summed E-state index contributed by atoms with van der Waals surface area (Å²) in [7, 11) is 2.02. The van der Waals surface area contributed by atoms with Crippen LogP contribution in [0.4, 0.5) is 0 Å². The van der Waals surface area contributed by atoms with Gasteiger partial charge in [0, 0.05) is 21.6 Å². The maximum absolute atomic E-state index is 5.69. The number of rotatable bonds is 5. The first kappa shape index (κ1) is 14.5. The molecule has 0 spiro atoms. The number of benzene rings is 1. The van der Waals surface area contributed by atoms with Crippen LogP contribution in [-0.4, -0.2) is 19.8 Å². The molecule has 0 bridgehead atoms. The minimum absolute atomic E-state index is 0.386. The van der Waals surface area contributed by atoms with Crippen molar-refractivity contribution in [2.24, 2.45) is 0 Å². The molecule has 0 aliphatic carbocycles. The highest BCUT2D eigenvalue weighted by Crippen LogP contribution is 2.30. The van der Waals surface area contributed by atoms with Gasteiger partial charge in [0.15, 0.2) is 0 Å². The molecule has 0 aromatic heterocycles. The second-order valence-electron chi connectivity index (χ2n) is 4.72. The van der Waals surface area contributed by atoms with Gasteiger partial charge in [-0.05, 0) is 50.4 Å². The van der Waals surface area contributed by atoms with Crippen LogP contribution in [0.15, 0.2) is 27.1 Å². The molecule has 1 aliphatic heterocycles. The predicted octanol–water partition coefficient (Wildman–Crippen LogP) is 4.43. The smallest absolute Gasteiger partial charge is 0.0576 e. The monoisotopic (exact) mass is 375 g/mol. The predicted molar refractivity (Wildman–Crippen MR) is 81.9 cm³/mol. The summed E-state index contributed by atoms with van der Waals surface area (Å²) in [5, 5.41) is 3.40. The molecule has 0 amide bonds. The van der Waals surface area contributed by atoms with E-state index in [4.69, 9.17) is 4.74 Å². The van der Waals surface area contributed by atoms with E-state index in [2.05, 4.69) is 55.4 Å². The van der Waals surface area contributed by atoms with Crippen LogP contribution in [0.2, 0.25) is 0 Å². The lowest BCUT2D eigenvalue weighted by atomic mass is 9.99. The van der Waals surface area contributed by atoms with E-state index in [9.17, 15) is 0 Å². The van der Waals surface area contributed by atoms with E-state index in [1.165, 1.54) is 18.4 Å². The fraction of sp³-hybridized carbons (Fsp3) is 0.571. The third-order valence-corrected chi connectivity index (χ3v) is 4.67. The van der Waals surface area contributed by atoms with Crippen LogP contribution in [0.3, 0.4) is 0 Å². The van der Waals surface area contributed by atoms with Crippen LogP contribution in [0.5, 0.6) is 0 Å². The van der Waals surface area contributed by atoms with Crippen molar-refractivity contribution in [3.63, 3.8) is 0 Å². The number of nitrogens with one attached hydrogen (secondary N) is 1. The summed E-state index contributed by atoms with van der Waals surface area (Å²) in [6, 6.07) is 6.75. The van der Waals surface area contributed by atoms with Crippen LogP contribution in [0.1, 0.15) is 37.3 Å². The van der Waals surface area contributed by atoms with E-state index in [1.807, 2.05) is 7.05 Å². The summed E-state index contributed by atoms with van der Waals surface area (Å²) in [6.07, 6.45) is 5.15. The summed E-state index contributed by atoms with van der Waals surface area (Å²) >= 11 is 7.13. The molecule has 2 unspecified atom stereocenters. The fourth-order valence-corrected chi connectivity index (χ4v) is 3.79. The highest BCUT2D eigenvalue weighted by Gasteiger charge is 2.19. The normalized spacial score (nSPS) is 21.2. The van der Waals surface area contributed by atoms with Gasteiger partial charge in [0.1, 0.15) is 0 Å². The molecule has 0 radical (unpaired) electrons. The lowest BCUT2D eigenvalue weighted by molar-refractivity contribution is 0.0998. The Hall–Kier alpha value is 0.1000. The number of hydrogen-bond acceptors (Lipinski definition) is 2. The van der Waals surface area contributed by atoms with Crippen molar-refractivity contribution in [3.05, 3.63) is 32.7 Å². The minimum atomic E-state index is 0.386. The molecule has 2 nitrogen and oxygen atoms in total. The van der Waals surface area contributed by atoms with E-state index in [0.717, 1.165) is 28.4 Å². The Morgan fingerprint density at radius 3 is 2.89 bits per heavy atom. The molecular formula is C14H19Br2NO. The molecule has 100 valence electrons. The second kappa shape index (κ2) is 7.04. The first-order valence-corrected chi connectivity index (χ1v) is 8.03. The fourth-order valence-electron chi connectivity index (χ4n) is 2.46. The molecule has 1 N–H and O–H groups in total. The van der Waals surface area contributed by atoms with E-state index in [1.54, 1.807) is 0 Å². The molecule has 1 aromatic carbocycles. The van der Waals surface area contributed by atoms with Gasteiger partial charge in [-0.3, -0.25) is 0 Å². The van der Waals surface area contributed by atoms with Gasteiger partial charge in [-0.15, -0.1) is 0 Å². The van der Waals surface area contributed by atoms with Crippen LogP contribution >= 0.6 is 31.9 Å². The average molecular weight is 377 g/mol. The van der Waals surface area contributed by atoms with Crippen molar-refractivity contribution >= 4 is 31.9 Å². The van der Waals surface area contributed by atoms with Crippen LogP contribution < -0.4 is 5.32 Å². The zero-order chi connectivity index (χ0) is 13.0. The van der Waals surface area contributed by atoms with Gasteiger partial charge >= 0.3 is 0 Å². The standard InChI is InChI=1S/C14H19Br2NO/c1-17-14(7-5-11-3-2-8-18-11)12-6-4-10(15)9-13(12)16/h4,6,9,11,14,17H,2-3,5,7-8H2,1H3. The summed E-state index contributed by atoms with van der Waals surface area (Å²) < 4.78 is 7.95. The Morgan fingerprint density at radius 2 is 2.28 bits per heavy atom. The summed E-state index contributed by atoms with van der Waals surface area (Å²) in [4.78, 5) is 0. The van der Waals surface area contributed by atoms with Gasteiger partial charge in [-0.25, -0.2) is 0 Å². The lowest BCUT2D eigenvalue weighted by Gasteiger charge is -2.20. The molecule has 18 heavy (non-hydrogen) atoms.